The van der Waals surface area contributed by atoms with Gasteiger partial charge in [-0.15, -0.1) is 0 Å². The number of aromatic nitrogens is 1. The monoisotopic (exact) mass is 948 g/mol. The maximum absolute atomic E-state index is 13.7. The standard InChI is InChI=1S/C41H66N14O12/c1-21(50-39(66)33(43)22(2)58)35(62)52-29(12-8-14-46-41(44)45)36(63)53-28(11-6-7-13-42)37(64)54-30(20-57)38(65)55-34(23(3)59)40(67)49-17-31(60)48-18-32(61)51-25(19-56)15-24-16-47-27-10-5-4-9-26(24)27/h4-5,9-10,16,19,21-23,25,28-30,33-34,47,57-59H,6-8,11-15,17-18,20,42-43H2,1-3H3,(H,48,60)(H,49,67)(H,50,66)(H,51,61)(H,52,62)(H,53,63)(H,54,64)(H,55,65)(H4,44,45,46)/p+1/t21-,22+,23+,25-,28-,29-,30-,33-,34-/m0/s1. The zero-order valence-electron chi connectivity index (χ0n) is 37.8. The Balaban J connectivity index is 2.06. The van der Waals surface area contributed by atoms with Gasteiger partial charge in [0.1, 0.15) is 42.5 Å². The largest absolute Gasteiger partial charge is 0.394 e. The van der Waals surface area contributed by atoms with E-state index in [0.29, 0.717) is 19.1 Å². The number of para-hydroxylation sites is 1. The zero-order valence-corrected chi connectivity index (χ0v) is 37.8. The lowest BCUT2D eigenvalue weighted by atomic mass is 10.1. The second-order valence-corrected chi connectivity index (χ2v) is 15.8. The fourth-order valence-electron chi connectivity index (χ4n) is 6.31. The number of unbranched alkanes of at least 4 members (excludes halogenated alkanes) is 1. The first kappa shape index (κ1) is 56.4. The quantitative estimate of drug-likeness (QED) is 0.0150. The summed E-state index contributed by atoms with van der Waals surface area (Å²) in [5, 5.41) is 50.0. The van der Waals surface area contributed by atoms with E-state index in [-0.39, 0.29) is 44.7 Å². The number of guanidine groups is 1. The summed E-state index contributed by atoms with van der Waals surface area (Å²) in [4.78, 5) is 122. The Bertz CT molecular complexity index is 2030. The van der Waals surface area contributed by atoms with Crippen molar-refractivity contribution in [1.29, 1.82) is 0 Å². The van der Waals surface area contributed by atoms with E-state index in [4.69, 9.17) is 22.9 Å². The highest BCUT2D eigenvalue weighted by Gasteiger charge is 2.33. The van der Waals surface area contributed by atoms with Crippen LogP contribution in [0.5, 0.6) is 0 Å². The van der Waals surface area contributed by atoms with Gasteiger partial charge in [0, 0.05) is 23.5 Å². The highest BCUT2D eigenvalue weighted by atomic mass is 16.3. The number of carbonyl (C=O) groups is 9. The van der Waals surface area contributed by atoms with Gasteiger partial charge in [0.05, 0.1) is 44.5 Å². The average Bonchev–Trinajstić information content (AvgIpc) is 3.70. The van der Waals surface area contributed by atoms with Gasteiger partial charge in [0.25, 0.3) is 0 Å². The minimum absolute atomic E-state index is 0.0236. The normalized spacial score (nSPS) is 15.0. The van der Waals surface area contributed by atoms with Crippen LogP contribution in [-0.2, 0) is 49.6 Å². The van der Waals surface area contributed by atoms with E-state index in [0.717, 1.165) is 23.4 Å². The van der Waals surface area contributed by atoms with Crippen molar-refractivity contribution in [3.63, 3.8) is 0 Å². The van der Waals surface area contributed by atoms with Crippen LogP contribution in [0, 0.1) is 0 Å². The Kier molecular flexibility index (Phi) is 24.4. The second kappa shape index (κ2) is 29.0. The third kappa shape index (κ3) is 19.7. The van der Waals surface area contributed by atoms with Crippen molar-refractivity contribution in [1.82, 2.24) is 47.5 Å². The number of benzene rings is 1. The molecule has 0 aliphatic carbocycles. The molecule has 0 aliphatic heterocycles. The van der Waals surface area contributed by atoms with Crippen molar-refractivity contribution in [2.45, 2.75) is 114 Å². The number of hydrogen-bond acceptors (Lipinski definition) is 14. The number of H-pyrrole nitrogens is 1. The fourth-order valence-corrected chi connectivity index (χ4v) is 6.31. The third-order valence-corrected chi connectivity index (χ3v) is 10.2. The van der Waals surface area contributed by atoms with Gasteiger partial charge >= 0.3 is 5.96 Å². The molecule has 2 aromatic rings. The Hall–Kier alpha value is -6.74. The molecule has 26 nitrogen and oxygen atoms in total. The molecule has 0 aliphatic rings. The molecule has 1 heterocycles. The highest BCUT2D eigenvalue weighted by molar-refractivity contribution is 5.97. The molecule has 21 N–H and O–H groups in total. The summed E-state index contributed by atoms with van der Waals surface area (Å²) in [5.74, 6) is -7.26. The lowest BCUT2D eigenvalue weighted by Crippen LogP contribution is -2.78. The number of aliphatic hydroxyl groups is 3. The molecule has 0 spiro atoms. The predicted octanol–water partition coefficient (Wildman–Crippen LogP) is -8.59. The van der Waals surface area contributed by atoms with E-state index in [1.54, 1.807) is 6.20 Å². The van der Waals surface area contributed by atoms with Crippen LogP contribution in [0.15, 0.2) is 30.5 Å². The molecule has 0 saturated heterocycles. The number of aliphatic hydroxyl groups excluding tert-OH is 3. The second-order valence-electron chi connectivity index (χ2n) is 15.8. The van der Waals surface area contributed by atoms with Gasteiger partial charge in [-0.2, -0.15) is 0 Å². The van der Waals surface area contributed by atoms with E-state index < -0.39 is 121 Å². The highest BCUT2D eigenvalue weighted by Crippen LogP contribution is 2.18. The van der Waals surface area contributed by atoms with E-state index in [1.807, 2.05) is 24.3 Å². The minimum Gasteiger partial charge on any atom is -0.394 e. The lowest BCUT2D eigenvalue weighted by molar-refractivity contribution is -0.459. The molecule has 1 aromatic heterocycles. The Morgan fingerprint density at radius 1 is 0.716 bits per heavy atom. The van der Waals surface area contributed by atoms with Crippen molar-refractivity contribution in [3.05, 3.63) is 36.0 Å². The van der Waals surface area contributed by atoms with Crippen LogP contribution < -0.4 is 70.5 Å². The number of rotatable bonds is 30. The molecule has 8 amide bonds. The van der Waals surface area contributed by atoms with E-state index in [2.05, 4.69) is 52.5 Å². The van der Waals surface area contributed by atoms with Crippen LogP contribution >= 0.6 is 0 Å². The molecule has 67 heavy (non-hydrogen) atoms. The first-order chi connectivity index (χ1) is 31.7. The molecular formula is C41H67N14O12+. The summed E-state index contributed by atoms with van der Waals surface area (Å²) in [6, 6.07) is -2.19. The summed E-state index contributed by atoms with van der Waals surface area (Å²) in [6.07, 6.45) is 0.569. The SMILES string of the molecule is C[C@H](NC(=O)[C@@H](N)[C@@H](C)O)C(=O)N[C@@H](CCC[NH+]=C(N)N)C(=O)N[C@@H](CCCCN)C(=O)N[C@@H](CO)C(=O)N[C@H](C(=O)NCC(=O)NCC(=O)N[C@H](C=O)Cc1c[nH]c2ccccc12)[C@@H](C)O. The first-order valence-corrected chi connectivity index (χ1v) is 21.6. The number of aromatic amines is 1. The van der Waals surface area contributed by atoms with Crippen LogP contribution in [0.3, 0.4) is 0 Å². The van der Waals surface area contributed by atoms with Gasteiger partial charge in [-0.1, -0.05) is 18.2 Å². The van der Waals surface area contributed by atoms with E-state index in [9.17, 15) is 58.5 Å². The first-order valence-electron chi connectivity index (χ1n) is 21.6. The molecule has 2 rings (SSSR count). The molecule has 372 valence electrons. The number of nitrogens with two attached hydrogens (primary N) is 4. The van der Waals surface area contributed by atoms with Gasteiger partial charge in [-0.25, -0.2) is 0 Å². The summed E-state index contributed by atoms with van der Waals surface area (Å²) in [6.45, 7) is 1.90. The van der Waals surface area contributed by atoms with E-state index >= 15 is 0 Å². The van der Waals surface area contributed by atoms with Gasteiger partial charge in [-0.3, -0.25) is 54.8 Å². The van der Waals surface area contributed by atoms with Crippen LogP contribution in [0.2, 0.25) is 0 Å². The van der Waals surface area contributed by atoms with Crippen molar-refractivity contribution in [2.24, 2.45) is 22.9 Å². The maximum Gasteiger partial charge on any atom is 0.338 e. The summed E-state index contributed by atoms with van der Waals surface area (Å²) < 4.78 is 0. The molecule has 0 fully saturated rings. The molecule has 0 saturated carbocycles. The fraction of sp³-hybridized carbons (Fsp3) is 0.561. The third-order valence-electron chi connectivity index (χ3n) is 10.2. The van der Waals surface area contributed by atoms with Crippen LogP contribution in [0.1, 0.15) is 58.4 Å². The Labute approximate surface area is 386 Å². The van der Waals surface area contributed by atoms with E-state index in [1.165, 1.54) is 13.8 Å². The van der Waals surface area contributed by atoms with Gasteiger partial charge < -0.3 is 79.1 Å². The van der Waals surface area contributed by atoms with Crippen LogP contribution in [-0.4, -0.2) is 167 Å². The van der Waals surface area contributed by atoms with Crippen LogP contribution in [0.25, 0.3) is 10.9 Å². The predicted molar refractivity (Wildman–Crippen MR) is 241 cm³/mol. The van der Waals surface area contributed by atoms with Crippen LogP contribution in [0.4, 0.5) is 0 Å². The van der Waals surface area contributed by atoms with Crippen molar-refractivity contribution in [2.75, 3.05) is 32.8 Å². The summed E-state index contributed by atoms with van der Waals surface area (Å²) >= 11 is 0. The molecular weight excluding hydrogens is 881 g/mol. The topological polar surface area (TPSA) is 444 Å². The summed E-state index contributed by atoms with van der Waals surface area (Å²) in [7, 11) is 0. The lowest BCUT2D eigenvalue weighted by Gasteiger charge is -2.27. The smallest absolute Gasteiger partial charge is 0.338 e. The van der Waals surface area contributed by atoms with Gasteiger partial charge in [0.2, 0.25) is 47.3 Å². The Morgan fingerprint density at radius 2 is 1.31 bits per heavy atom. The number of carbonyl (C=O) groups excluding carboxylic acids is 9. The number of fused-ring (bicyclic) bond motifs is 1. The van der Waals surface area contributed by atoms with Crippen molar-refractivity contribution in [3.8, 4) is 0 Å². The van der Waals surface area contributed by atoms with Gasteiger partial charge in [-0.05, 0) is 71.0 Å². The number of nitrogens with one attached hydrogen (secondary N) is 10. The molecule has 26 heteroatoms. The van der Waals surface area contributed by atoms with Crippen molar-refractivity contribution < 1.29 is 63.5 Å². The maximum atomic E-state index is 13.7. The zero-order chi connectivity index (χ0) is 50.2. The molecule has 0 bridgehead atoms. The molecule has 9 atom stereocenters. The Morgan fingerprint density at radius 3 is 1.91 bits per heavy atom. The van der Waals surface area contributed by atoms with Gasteiger partial charge in [0.15, 0.2) is 0 Å². The average molecular weight is 948 g/mol. The van der Waals surface area contributed by atoms with Crippen molar-refractivity contribution >= 4 is 70.4 Å². The number of hydrogen-bond donors (Lipinski definition) is 17. The molecule has 0 radical (unpaired) electrons. The minimum atomic E-state index is -1.74. The molecule has 0 unspecified atom stereocenters. The summed E-state index contributed by atoms with van der Waals surface area (Å²) in [5.41, 5.74) is 23.8. The molecule has 1 aromatic carbocycles. The number of aldehydes is 1. The number of amides is 8.